The third-order valence-corrected chi connectivity index (χ3v) is 3.93. The molecule has 0 bridgehead atoms. The molecule has 1 aliphatic heterocycles. The highest BCUT2D eigenvalue weighted by molar-refractivity contribution is 5.88. The van der Waals surface area contributed by atoms with Gasteiger partial charge in [0.1, 0.15) is 5.82 Å². The Balaban J connectivity index is 2.04. The van der Waals surface area contributed by atoms with Crippen molar-refractivity contribution >= 4 is 16.9 Å². The molecule has 106 valence electrons. The highest BCUT2D eigenvalue weighted by Gasteiger charge is 2.20. The maximum Gasteiger partial charge on any atom is 0.351 e. The molecule has 6 nitrogen and oxygen atoms in total. The largest absolute Gasteiger partial charge is 0.369 e. The van der Waals surface area contributed by atoms with E-state index >= 15 is 0 Å². The summed E-state index contributed by atoms with van der Waals surface area (Å²) in [4.78, 5) is 16.4. The number of nitrogens with one attached hydrogen (secondary N) is 1. The molecule has 0 radical (unpaired) electrons. The van der Waals surface area contributed by atoms with Crippen LogP contribution in [0, 0.1) is 0 Å². The monoisotopic (exact) mass is 281 g/mol. The van der Waals surface area contributed by atoms with Crippen LogP contribution in [-0.2, 0) is 13.0 Å². The predicted molar refractivity (Wildman–Crippen MR) is 81.0 cm³/mol. The first-order valence-corrected chi connectivity index (χ1v) is 7.10. The van der Waals surface area contributed by atoms with Crippen LogP contribution in [0.4, 0.5) is 5.82 Å². The van der Waals surface area contributed by atoms with Crippen LogP contribution in [0.3, 0.4) is 0 Å². The molecule has 1 aromatic carbocycles. The average molecular weight is 281 g/mol. The van der Waals surface area contributed by atoms with Crippen LogP contribution in [0.1, 0.15) is 12.5 Å². The van der Waals surface area contributed by atoms with Crippen molar-refractivity contribution < 1.29 is 0 Å². The summed E-state index contributed by atoms with van der Waals surface area (Å²) in [6.07, 6.45) is 2.68. The number of aryl methyl sites for hydroxylation is 1. The highest BCUT2D eigenvalue weighted by Crippen LogP contribution is 2.25. The zero-order chi connectivity index (χ0) is 14.4. The SMILES string of the molecule is CCc1ccccc1-n1ncc2c3n(c(=O)nc21)CCN3. The van der Waals surface area contributed by atoms with Crippen molar-refractivity contribution in [2.45, 2.75) is 19.9 Å². The lowest BCUT2D eigenvalue weighted by Crippen LogP contribution is -2.21. The molecule has 0 saturated heterocycles. The number of rotatable bonds is 2. The van der Waals surface area contributed by atoms with Gasteiger partial charge in [-0.1, -0.05) is 25.1 Å². The second-order valence-electron chi connectivity index (χ2n) is 5.10. The number of para-hydroxylation sites is 1. The molecule has 21 heavy (non-hydrogen) atoms. The predicted octanol–water partition coefficient (Wildman–Crippen LogP) is 1.57. The van der Waals surface area contributed by atoms with Crippen molar-refractivity contribution in [3.63, 3.8) is 0 Å². The number of anilines is 1. The number of nitrogens with zero attached hydrogens (tertiary/aromatic N) is 4. The number of fused-ring (bicyclic) bond motifs is 3. The van der Waals surface area contributed by atoms with Crippen LogP contribution in [0.25, 0.3) is 16.7 Å². The maximum absolute atomic E-state index is 12.1. The van der Waals surface area contributed by atoms with Crippen LogP contribution in [0.15, 0.2) is 35.3 Å². The topological polar surface area (TPSA) is 64.7 Å². The smallest absolute Gasteiger partial charge is 0.351 e. The van der Waals surface area contributed by atoms with E-state index in [2.05, 4.69) is 28.4 Å². The first kappa shape index (κ1) is 12.1. The van der Waals surface area contributed by atoms with Crippen molar-refractivity contribution in [2.75, 3.05) is 11.9 Å². The van der Waals surface area contributed by atoms with Crippen molar-refractivity contribution in [3.8, 4) is 5.69 Å². The van der Waals surface area contributed by atoms with E-state index in [1.165, 1.54) is 5.56 Å². The Kier molecular flexibility index (Phi) is 2.57. The molecule has 2 aromatic heterocycles. The van der Waals surface area contributed by atoms with E-state index in [4.69, 9.17) is 0 Å². The number of benzene rings is 1. The first-order chi connectivity index (χ1) is 10.3. The normalized spacial score (nSPS) is 13.4. The van der Waals surface area contributed by atoms with Crippen molar-refractivity contribution in [2.24, 2.45) is 0 Å². The number of hydrogen-bond acceptors (Lipinski definition) is 4. The van der Waals surface area contributed by atoms with E-state index in [0.29, 0.717) is 12.2 Å². The van der Waals surface area contributed by atoms with Crippen LogP contribution in [-0.4, -0.2) is 25.9 Å². The minimum Gasteiger partial charge on any atom is -0.369 e. The van der Waals surface area contributed by atoms with Gasteiger partial charge in [-0.05, 0) is 18.1 Å². The van der Waals surface area contributed by atoms with Crippen LogP contribution in [0.2, 0.25) is 0 Å². The van der Waals surface area contributed by atoms with E-state index in [0.717, 1.165) is 29.9 Å². The lowest BCUT2D eigenvalue weighted by atomic mass is 10.1. The molecule has 3 aromatic rings. The fourth-order valence-electron chi connectivity index (χ4n) is 2.89. The number of hydrogen-bond donors (Lipinski definition) is 1. The minimum absolute atomic E-state index is 0.224. The number of aromatic nitrogens is 4. The first-order valence-electron chi connectivity index (χ1n) is 7.10. The van der Waals surface area contributed by atoms with E-state index in [1.54, 1.807) is 15.4 Å². The van der Waals surface area contributed by atoms with Gasteiger partial charge in [0, 0.05) is 13.1 Å². The Bertz CT molecular complexity index is 893. The Labute approximate surface area is 121 Å². The molecule has 0 atom stereocenters. The fourth-order valence-corrected chi connectivity index (χ4v) is 2.89. The molecule has 4 rings (SSSR count). The lowest BCUT2D eigenvalue weighted by Gasteiger charge is -2.09. The van der Waals surface area contributed by atoms with Gasteiger partial charge in [-0.3, -0.25) is 4.57 Å². The Morgan fingerprint density at radius 1 is 1.33 bits per heavy atom. The molecule has 6 heteroatoms. The second kappa shape index (κ2) is 4.44. The van der Waals surface area contributed by atoms with Gasteiger partial charge in [0.25, 0.3) is 0 Å². The van der Waals surface area contributed by atoms with Crippen LogP contribution in [0.5, 0.6) is 0 Å². The van der Waals surface area contributed by atoms with Gasteiger partial charge < -0.3 is 5.32 Å². The molecular formula is C15H15N5O. The summed E-state index contributed by atoms with van der Waals surface area (Å²) >= 11 is 0. The van der Waals surface area contributed by atoms with Crippen molar-refractivity contribution in [3.05, 3.63) is 46.5 Å². The molecule has 1 N–H and O–H groups in total. The summed E-state index contributed by atoms with van der Waals surface area (Å²) in [7, 11) is 0. The highest BCUT2D eigenvalue weighted by atomic mass is 16.1. The van der Waals surface area contributed by atoms with Gasteiger partial charge in [-0.2, -0.15) is 10.1 Å². The van der Waals surface area contributed by atoms with E-state index < -0.39 is 0 Å². The summed E-state index contributed by atoms with van der Waals surface area (Å²) in [5.41, 5.74) is 2.54. The Morgan fingerprint density at radius 2 is 2.19 bits per heavy atom. The molecular weight excluding hydrogens is 266 g/mol. The summed E-state index contributed by atoms with van der Waals surface area (Å²) in [5, 5.41) is 8.59. The lowest BCUT2D eigenvalue weighted by molar-refractivity contribution is 0.746. The molecule has 0 amide bonds. The van der Waals surface area contributed by atoms with Crippen molar-refractivity contribution in [1.29, 1.82) is 0 Å². The van der Waals surface area contributed by atoms with Crippen LogP contribution < -0.4 is 11.0 Å². The Morgan fingerprint density at radius 3 is 3.05 bits per heavy atom. The van der Waals surface area contributed by atoms with Crippen molar-refractivity contribution in [1.82, 2.24) is 19.3 Å². The Hall–Kier alpha value is -2.63. The standard InChI is InChI=1S/C15H15N5O/c1-2-10-5-3-4-6-12(10)20-14-11(9-17-20)13-16-7-8-19(13)15(21)18-14/h3-6,9,16H,2,7-8H2,1H3. The van der Waals surface area contributed by atoms with Crippen LogP contribution >= 0.6 is 0 Å². The molecule has 0 saturated carbocycles. The molecule has 0 aliphatic carbocycles. The molecule has 1 aliphatic rings. The fraction of sp³-hybridized carbons (Fsp3) is 0.267. The summed E-state index contributed by atoms with van der Waals surface area (Å²) in [6.45, 7) is 3.52. The third-order valence-electron chi connectivity index (χ3n) is 3.93. The van der Waals surface area contributed by atoms with Gasteiger partial charge in [0.2, 0.25) is 0 Å². The third kappa shape index (κ3) is 1.68. The minimum atomic E-state index is -0.224. The maximum atomic E-state index is 12.1. The van der Waals surface area contributed by atoms with Gasteiger partial charge in [-0.15, -0.1) is 0 Å². The molecule has 3 heterocycles. The van der Waals surface area contributed by atoms with Gasteiger partial charge in [0.15, 0.2) is 5.65 Å². The van der Waals surface area contributed by atoms with Gasteiger partial charge in [-0.25, -0.2) is 9.48 Å². The zero-order valence-electron chi connectivity index (χ0n) is 11.7. The summed E-state index contributed by atoms with van der Waals surface area (Å²) in [6, 6.07) is 8.06. The second-order valence-corrected chi connectivity index (χ2v) is 5.10. The molecule has 0 spiro atoms. The average Bonchev–Trinajstić information content (AvgIpc) is 3.13. The quantitative estimate of drug-likeness (QED) is 0.774. The summed E-state index contributed by atoms with van der Waals surface area (Å²) < 4.78 is 3.43. The van der Waals surface area contributed by atoms with E-state index in [-0.39, 0.29) is 5.69 Å². The molecule has 0 fully saturated rings. The molecule has 0 unspecified atom stereocenters. The van der Waals surface area contributed by atoms with E-state index in [9.17, 15) is 4.79 Å². The zero-order valence-corrected chi connectivity index (χ0v) is 11.7. The van der Waals surface area contributed by atoms with Gasteiger partial charge >= 0.3 is 5.69 Å². The summed E-state index contributed by atoms with van der Waals surface area (Å²) in [5.74, 6) is 0.824. The van der Waals surface area contributed by atoms with E-state index in [1.807, 2.05) is 18.2 Å². The van der Waals surface area contributed by atoms with Gasteiger partial charge in [0.05, 0.1) is 17.3 Å².